The molecule has 0 bridgehead atoms. The van der Waals surface area contributed by atoms with Crippen LogP contribution >= 0.6 is 24.0 Å². The average Bonchev–Trinajstić information content (AvgIpc) is 2.30. The summed E-state index contributed by atoms with van der Waals surface area (Å²) >= 11 is 5.76. The highest BCUT2D eigenvalue weighted by atomic mass is 35.5. The zero-order valence-electron chi connectivity index (χ0n) is 10.2. The smallest absolute Gasteiger partial charge is 0.236 e. The van der Waals surface area contributed by atoms with Gasteiger partial charge in [0.2, 0.25) is 5.91 Å². The molecule has 1 aromatic rings. The number of ether oxygens (including phenoxy) is 1. The molecule has 1 aromatic carbocycles. The second-order valence-corrected chi connectivity index (χ2v) is 4.20. The number of nitrogens with two attached hydrogens (primary N) is 1. The summed E-state index contributed by atoms with van der Waals surface area (Å²) < 4.78 is 5.39. The van der Waals surface area contributed by atoms with Gasteiger partial charge in [0.15, 0.2) is 0 Å². The summed E-state index contributed by atoms with van der Waals surface area (Å²) in [5, 5.41) is 3.37. The molecule has 0 saturated heterocycles. The fourth-order valence-electron chi connectivity index (χ4n) is 1.18. The molecule has 6 heteroatoms. The molecule has 0 radical (unpaired) electrons. The van der Waals surface area contributed by atoms with E-state index >= 15 is 0 Å². The third-order valence-corrected chi connectivity index (χ3v) is 2.39. The average molecular weight is 293 g/mol. The van der Waals surface area contributed by atoms with E-state index in [-0.39, 0.29) is 18.3 Å². The van der Waals surface area contributed by atoms with Crippen molar-refractivity contribution in [2.24, 2.45) is 5.73 Å². The number of amides is 1. The summed E-state index contributed by atoms with van der Waals surface area (Å²) in [6, 6.07) is 6.97. The molecule has 18 heavy (non-hydrogen) atoms. The highest BCUT2D eigenvalue weighted by molar-refractivity contribution is 6.30. The number of halogens is 2. The molecule has 0 aliphatic heterocycles. The Balaban J connectivity index is 0.00000289. The molecule has 0 aliphatic carbocycles. The first-order chi connectivity index (χ1) is 8.09. The molecule has 0 spiro atoms. The first-order valence-electron chi connectivity index (χ1n) is 5.45. The van der Waals surface area contributed by atoms with Crippen molar-refractivity contribution in [1.82, 2.24) is 5.32 Å². The Bertz CT molecular complexity index is 356. The first kappa shape index (κ1) is 17.2. The maximum absolute atomic E-state index is 11.1. The van der Waals surface area contributed by atoms with E-state index in [9.17, 15) is 4.79 Å². The molecule has 1 atom stereocenters. The Labute approximate surface area is 118 Å². The molecule has 0 fully saturated rings. The number of hydrogen-bond donors (Lipinski definition) is 2. The maximum Gasteiger partial charge on any atom is 0.236 e. The predicted molar refractivity (Wildman–Crippen MR) is 75.0 cm³/mol. The van der Waals surface area contributed by atoms with Crippen molar-refractivity contribution >= 4 is 29.9 Å². The van der Waals surface area contributed by atoms with Crippen LogP contribution in [0.5, 0.6) is 0 Å². The summed E-state index contributed by atoms with van der Waals surface area (Å²) in [5.74, 6) is -0.167. The SMILES string of the molecule is C[C@@H](N)C(=O)NCCOCc1ccc(Cl)cc1.Cl. The Hall–Kier alpha value is -0.810. The second kappa shape index (κ2) is 9.16. The Kier molecular flexibility index (Phi) is 8.75. The minimum Gasteiger partial charge on any atom is -0.375 e. The molecule has 0 aromatic heterocycles. The van der Waals surface area contributed by atoms with Gasteiger partial charge in [-0.3, -0.25) is 4.79 Å². The summed E-state index contributed by atoms with van der Waals surface area (Å²) in [5.41, 5.74) is 6.44. The van der Waals surface area contributed by atoms with Gasteiger partial charge in [0.05, 0.1) is 19.3 Å². The van der Waals surface area contributed by atoms with Gasteiger partial charge in [0.25, 0.3) is 0 Å². The molecule has 0 saturated carbocycles. The molecule has 1 rings (SSSR count). The Morgan fingerprint density at radius 1 is 1.44 bits per heavy atom. The summed E-state index contributed by atoms with van der Waals surface area (Å²) in [6.07, 6.45) is 0. The minimum atomic E-state index is -0.480. The third-order valence-electron chi connectivity index (χ3n) is 2.14. The van der Waals surface area contributed by atoms with Crippen molar-refractivity contribution in [2.75, 3.05) is 13.2 Å². The lowest BCUT2D eigenvalue weighted by atomic mass is 10.2. The van der Waals surface area contributed by atoms with E-state index in [1.165, 1.54) is 0 Å². The highest BCUT2D eigenvalue weighted by Gasteiger charge is 2.04. The predicted octanol–water partition coefficient (Wildman–Crippen LogP) is 1.74. The molecule has 0 aliphatic rings. The largest absolute Gasteiger partial charge is 0.375 e. The molecule has 3 N–H and O–H groups in total. The normalized spacial score (nSPS) is 11.5. The Morgan fingerprint density at radius 3 is 2.61 bits per heavy atom. The van der Waals surface area contributed by atoms with E-state index in [0.29, 0.717) is 24.8 Å². The maximum atomic E-state index is 11.1. The number of benzene rings is 1. The minimum absolute atomic E-state index is 0. The van der Waals surface area contributed by atoms with E-state index in [0.717, 1.165) is 5.56 Å². The van der Waals surface area contributed by atoms with Crippen LogP contribution in [0.25, 0.3) is 0 Å². The second-order valence-electron chi connectivity index (χ2n) is 3.76. The van der Waals surface area contributed by atoms with Crippen molar-refractivity contribution in [3.63, 3.8) is 0 Å². The van der Waals surface area contributed by atoms with E-state index in [2.05, 4.69) is 5.32 Å². The summed E-state index contributed by atoms with van der Waals surface area (Å²) in [4.78, 5) is 11.1. The van der Waals surface area contributed by atoms with E-state index in [1.807, 2.05) is 24.3 Å². The van der Waals surface area contributed by atoms with Crippen LogP contribution in [0.15, 0.2) is 24.3 Å². The lowest BCUT2D eigenvalue weighted by Crippen LogP contribution is -2.39. The molecular formula is C12H18Cl2N2O2. The Morgan fingerprint density at radius 2 is 2.06 bits per heavy atom. The quantitative estimate of drug-likeness (QED) is 0.785. The van der Waals surface area contributed by atoms with Crippen LogP contribution in [0.1, 0.15) is 12.5 Å². The standard InChI is InChI=1S/C12H17ClN2O2.ClH/c1-9(14)12(16)15-6-7-17-8-10-2-4-11(13)5-3-10;/h2-5,9H,6-8,14H2,1H3,(H,15,16);1H/t9-;/m1./s1. The van der Waals surface area contributed by atoms with Crippen molar-refractivity contribution < 1.29 is 9.53 Å². The molecular weight excluding hydrogens is 275 g/mol. The van der Waals surface area contributed by atoms with Gasteiger partial charge in [-0.2, -0.15) is 0 Å². The van der Waals surface area contributed by atoms with Crippen LogP contribution in [0.2, 0.25) is 5.02 Å². The van der Waals surface area contributed by atoms with Crippen LogP contribution < -0.4 is 11.1 Å². The highest BCUT2D eigenvalue weighted by Crippen LogP contribution is 2.09. The monoisotopic (exact) mass is 292 g/mol. The molecule has 4 nitrogen and oxygen atoms in total. The number of nitrogens with one attached hydrogen (secondary N) is 1. The molecule has 0 heterocycles. The van der Waals surface area contributed by atoms with Crippen LogP contribution in [0.3, 0.4) is 0 Å². The number of hydrogen-bond acceptors (Lipinski definition) is 3. The van der Waals surface area contributed by atoms with E-state index in [4.69, 9.17) is 22.1 Å². The van der Waals surface area contributed by atoms with Crippen LogP contribution in [0, 0.1) is 0 Å². The molecule has 1 amide bonds. The third kappa shape index (κ3) is 6.81. The first-order valence-corrected chi connectivity index (χ1v) is 5.83. The molecule has 102 valence electrons. The lowest BCUT2D eigenvalue weighted by molar-refractivity contribution is -0.122. The number of carbonyl (C=O) groups is 1. The van der Waals surface area contributed by atoms with Gasteiger partial charge in [0, 0.05) is 11.6 Å². The summed E-state index contributed by atoms with van der Waals surface area (Å²) in [6.45, 7) is 3.07. The molecule has 0 unspecified atom stereocenters. The zero-order valence-corrected chi connectivity index (χ0v) is 11.8. The van der Waals surface area contributed by atoms with Gasteiger partial charge in [-0.05, 0) is 24.6 Å². The van der Waals surface area contributed by atoms with Gasteiger partial charge in [-0.1, -0.05) is 23.7 Å². The topological polar surface area (TPSA) is 64.4 Å². The van der Waals surface area contributed by atoms with E-state index < -0.39 is 6.04 Å². The lowest BCUT2D eigenvalue weighted by Gasteiger charge is -2.08. The fourth-order valence-corrected chi connectivity index (χ4v) is 1.30. The van der Waals surface area contributed by atoms with Crippen molar-refractivity contribution in [3.05, 3.63) is 34.9 Å². The van der Waals surface area contributed by atoms with Crippen LogP contribution in [0.4, 0.5) is 0 Å². The van der Waals surface area contributed by atoms with E-state index in [1.54, 1.807) is 6.92 Å². The van der Waals surface area contributed by atoms with Gasteiger partial charge < -0.3 is 15.8 Å². The number of rotatable bonds is 6. The summed E-state index contributed by atoms with van der Waals surface area (Å²) in [7, 11) is 0. The van der Waals surface area contributed by atoms with Crippen LogP contribution in [-0.4, -0.2) is 25.1 Å². The van der Waals surface area contributed by atoms with Gasteiger partial charge in [0.1, 0.15) is 0 Å². The van der Waals surface area contributed by atoms with Crippen molar-refractivity contribution in [3.8, 4) is 0 Å². The zero-order chi connectivity index (χ0) is 12.7. The van der Waals surface area contributed by atoms with Crippen LogP contribution in [-0.2, 0) is 16.1 Å². The fraction of sp³-hybridized carbons (Fsp3) is 0.417. The van der Waals surface area contributed by atoms with Crippen molar-refractivity contribution in [2.45, 2.75) is 19.6 Å². The van der Waals surface area contributed by atoms with Crippen molar-refractivity contribution in [1.29, 1.82) is 0 Å². The number of carbonyl (C=O) groups excluding carboxylic acids is 1. The van der Waals surface area contributed by atoms with Gasteiger partial charge in [-0.25, -0.2) is 0 Å². The van der Waals surface area contributed by atoms with Gasteiger partial charge >= 0.3 is 0 Å². The van der Waals surface area contributed by atoms with Gasteiger partial charge in [-0.15, -0.1) is 12.4 Å².